The number of aliphatic imine (C=N–C) groups is 1. The van der Waals surface area contributed by atoms with Crippen LogP contribution in [0.1, 0.15) is 27.8 Å². The molecular formula is C18H16ClF2N5O2. The lowest BCUT2D eigenvalue weighted by atomic mass is 10.1. The predicted octanol–water partition coefficient (Wildman–Crippen LogP) is 3.17. The average Bonchev–Trinajstić information content (AvgIpc) is 2.72. The van der Waals surface area contributed by atoms with Gasteiger partial charge in [-0.15, -0.1) is 0 Å². The summed E-state index contributed by atoms with van der Waals surface area (Å²) in [5.41, 5.74) is 5.86. The quantitative estimate of drug-likeness (QED) is 0.564. The summed E-state index contributed by atoms with van der Waals surface area (Å²) in [6.07, 6.45) is -2.25. The number of nitrogens with two attached hydrogens (primary N) is 1. The van der Waals surface area contributed by atoms with Crippen LogP contribution in [0.15, 0.2) is 41.5 Å². The van der Waals surface area contributed by atoms with Crippen molar-refractivity contribution in [1.82, 2.24) is 4.98 Å². The van der Waals surface area contributed by atoms with E-state index in [2.05, 4.69) is 15.3 Å². The number of nitrogens with one attached hydrogen (secondary N) is 1. The van der Waals surface area contributed by atoms with Gasteiger partial charge in [0, 0.05) is 29.5 Å². The minimum Gasteiger partial charge on any atom is -0.456 e. The number of nitriles is 1. The molecule has 0 aliphatic carbocycles. The van der Waals surface area contributed by atoms with Crippen molar-refractivity contribution in [2.75, 3.05) is 19.0 Å². The van der Waals surface area contributed by atoms with Crippen LogP contribution in [0.4, 0.5) is 14.5 Å². The molecule has 0 unspecified atom stereocenters. The fourth-order valence-electron chi connectivity index (χ4n) is 2.20. The Morgan fingerprint density at radius 2 is 2.21 bits per heavy atom. The smallest absolute Gasteiger partial charge is 0.282 e. The molecule has 0 saturated carbocycles. The van der Waals surface area contributed by atoms with Gasteiger partial charge in [0.15, 0.2) is 12.3 Å². The molecular weight excluding hydrogens is 392 g/mol. The highest BCUT2D eigenvalue weighted by atomic mass is 35.5. The number of benzene rings is 1. The minimum absolute atomic E-state index is 0.0241. The number of amidine groups is 1. The maximum Gasteiger partial charge on any atom is 0.282 e. The van der Waals surface area contributed by atoms with Crippen LogP contribution in [0.3, 0.4) is 0 Å². The summed E-state index contributed by atoms with van der Waals surface area (Å²) >= 11 is 6.01. The summed E-state index contributed by atoms with van der Waals surface area (Å²) in [7, 11) is 1.32. The third kappa shape index (κ3) is 5.14. The summed E-state index contributed by atoms with van der Waals surface area (Å²) < 4.78 is 32.9. The largest absolute Gasteiger partial charge is 0.456 e. The summed E-state index contributed by atoms with van der Waals surface area (Å²) in [6.45, 7) is -1.17. The van der Waals surface area contributed by atoms with Crippen molar-refractivity contribution in [2.45, 2.75) is 12.3 Å². The summed E-state index contributed by atoms with van der Waals surface area (Å²) in [5, 5.41) is 11.3. The molecule has 1 heterocycles. The van der Waals surface area contributed by atoms with E-state index in [-0.39, 0.29) is 28.0 Å². The van der Waals surface area contributed by atoms with Crippen molar-refractivity contribution < 1.29 is 18.3 Å². The van der Waals surface area contributed by atoms with Crippen LogP contribution in [-0.2, 0) is 4.74 Å². The molecule has 7 nitrogen and oxygen atoms in total. The van der Waals surface area contributed by atoms with E-state index in [1.54, 1.807) is 0 Å². The van der Waals surface area contributed by atoms with Crippen molar-refractivity contribution >= 4 is 29.2 Å². The van der Waals surface area contributed by atoms with Gasteiger partial charge in [-0.3, -0.25) is 4.79 Å². The molecule has 146 valence electrons. The summed E-state index contributed by atoms with van der Waals surface area (Å²) in [6, 6.07) is 8.42. The SMILES string of the molecule is CN=C(N)O[C@H](CF)[C@H](F)c1cc(NC(=O)c2ccc(C#N)cn2)ccc1Cl. The van der Waals surface area contributed by atoms with Gasteiger partial charge in [-0.25, -0.2) is 18.8 Å². The van der Waals surface area contributed by atoms with E-state index in [1.165, 1.54) is 43.6 Å². The molecule has 0 spiro atoms. The Labute approximate surface area is 164 Å². The topological polar surface area (TPSA) is 113 Å². The molecule has 1 amide bonds. The van der Waals surface area contributed by atoms with Crippen molar-refractivity contribution in [3.8, 4) is 6.07 Å². The second-order valence-corrected chi connectivity index (χ2v) is 5.92. The molecule has 3 N–H and O–H groups in total. The average molecular weight is 408 g/mol. The zero-order valence-corrected chi connectivity index (χ0v) is 15.5. The molecule has 0 aliphatic rings. The number of hydrogen-bond acceptors (Lipinski definition) is 5. The number of anilines is 1. The number of pyridine rings is 1. The number of carbonyl (C=O) groups is 1. The molecule has 0 radical (unpaired) electrons. The van der Waals surface area contributed by atoms with Gasteiger partial charge in [0.25, 0.3) is 11.9 Å². The Hall–Kier alpha value is -3.25. The van der Waals surface area contributed by atoms with Crippen LogP contribution in [0.25, 0.3) is 0 Å². The van der Waals surface area contributed by atoms with Gasteiger partial charge in [-0.2, -0.15) is 5.26 Å². The standard InChI is InChI=1S/C18H16ClF2N5O2/c1-24-18(23)28-15(7-20)16(21)12-6-11(3-4-13(12)19)26-17(27)14-5-2-10(8-22)9-25-14/h2-6,9,15-16H,7H2,1H3,(H2,23,24)(H,26,27)/t15-,16-/m1/s1. The lowest BCUT2D eigenvalue weighted by Gasteiger charge is -2.20. The second-order valence-electron chi connectivity index (χ2n) is 5.51. The maximum atomic E-state index is 14.8. The van der Waals surface area contributed by atoms with E-state index < -0.39 is 24.9 Å². The number of ether oxygens (including phenoxy) is 1. The Kier molecular flexibility index (Phi) is 7.23. The van der Waals surface area contributed by atoms with Crippen LogP contribution >= 0.6 is 11.6 Å². The van der Waals surface area contributed by atoms with E-state index in [4.69, 9.17) is 27.3 Å². The molecule has 2 aromatic rings. The van der Waals surface area contributed by atoms with Crippen LogP contribution in [0.5, 0.6) is 0 Å². The molecule has 0 bridgehead atoms. The Balaban J connectivity index is 2.21. The van der Waals surface area contributed by atoms with Crippen molar-refractivity contribution in [2.24, 2.45) is 10.7 Å². The van der Waals surface area contributed by atoms with Gasteiger partial charge in [0.2, 0.25) is 0 Å². The van der Waals surface area contributed by atoms with Crippen molar-refractivity contribution in [3.63, 3.8) is 0 Å². The van der Waals surface area contributed by atoms with Crippen molar-refractivity contribution in [3.05, 3.63) is 58.4 Å². The van der Waals surface area contributed by atoms with Gasteiger partial charge in [-0.1, -0.05) is 11.6 Å². The summed E-state index contributed by atoms with van der Waals surface area (Å²) in [5.74, 6) is -0.575. The zero-order valence-electron chi connectivity index (χ0n) is 14.7. The highest BCUT2D eigenvalue weighted by Gasteiger charge is 2.28. The first-order valence-electron chi connectivity index (χ1n) is 7.95. The predicted molar refractivity (Wildman–Crippen MR) is 101 cm³/mol. The number of alkyl halides is 2. The molecule has 1 aromatic carbocycles. The normalized spacial score (nSPS) is 13.3. The van der Waals surface area contributed by atoms with Crippen LogP contribution < -0.4 is 11.1 Å². The fraction of sp³-hybridized carbons (Fsp3) is 0.222. The Bertz CT molecular complexity index is 915. The number of hydrogen-bond donors (Lipinski definition) is 2. The molecule has 1 aromatic heterocycles. The molecule has 2 rings (SSSR count). The molecule has 10 heteroatoms. The van der Waals surface area contributed by atoms with Crippen LogP contribution in [0.2, 0.25) is 5.02 Å². The fourth-order valence-corrected chi connectivity index (χ4v) is 2.42. The Morgan fingerprint density at radius 3 is 2.79 bits per heavy atom. The second kappa shape index (κ2) is 9.62. The third-order valence-electron chi connectivity index (χ3n) is 3.65. The highest BCUT2D eigenvalue weighted by molar-refractivity contribution is 6.31. The molecule has 0 saturated heterocycles. The molecule has 2 atom stereocenters. The van der Waals surface area contributed by atoms with Gasteiger partial charge >= 0.3 is 0 Å². The number of carbonyl (C=O) groups excluding carboxylic acids is 1. The van der Waals surface area contributed by atoms with Crippen LogP contribution in [0, 0.1) is 11.3 Å². The monoisotopic (exact) mass is 407 g/mol. The molecule has 0 aliphatic heterocycles. The highest BCUT2D eigenvalue weighted by Crippen LogP contribution is 2.32. The van der Waals surface area contributed by atoms with E-state index in [1.807, 2.05) is 6.07 Å². The van der Waals surface area contributed by atoms with E-state index in [9.17, 15) is 13.6 Å². The molecule has 28 heavy (non-hydrogen) atoms. The van der Waals surface area contributed by atoms with E-state index in [0.717, 1.165) is 0 Å². The van der Waals surface area contributed by atoms with Gasteiger partial charge in [0.1, 0.15) is 18.4 Å². The van der Waals surface area contributed by atoms with Gasteiger partial charge in [-0.05, 0) is 30.3 Å². The lowest BCUT2D eigenvalue weighted by Crippen LogP contribution is -2.29. The number of amides is 1. The third-order valence-corrected chi connectivity index (χ3v) is 3.99. The van der Waals surface area contributed by atoms with Gasteiger partial charge < -0.3 is 15.8 Å². The Morgan fingerprint density at radius 1 is 1.46 bits per heavy atom. The van der Waals surface area contributed by atoms with Crippen LogP contribution in [-0.4, -0.2) is 36.7 Å². The number of halogens is 3. The first kappa shape index (κ1) is 21.1. The van der Waals surface area contributed by atoms with Crippen molar-refractivity contribution in [1.29, 1.82) is 5.26 Å². The number of rotatable bonds is 6. The maximum absolute atomic E-state index is 14.8. The first-order chi connectivity index (χ1) is 13.4. The molecule has 0 fully saturated rings. The first-order valence-corrected chi connectivity index (χ1v) is 8.33. The zero-order chi connectivity index (χ0) is 20.7. The number of aromatic nitrogens is 1. The number of nitrogens with zero attached hydrogens (tertiary/aromatic N) is 3. The van der Waals surface area contributed by atoms with E-state index in [0.29, 0.717) is 5.56 Å². The van der Waals surface area contributed by atoms with E-state index >= 15 is 0 Å². The minimum atomic E-state index is -1.96. The van der Waals surface area contributed by atoms with Gasteiger partial charge in [0.05, 0.1) is 5.56 Å². The lowest BCUT2D eigenvalue weighted by molar-refractivity contribution is 0.0651. The summed E-state index contributed by atoms with van der Waals surface area (Å²) in [4.78, 5) is 19.6.